The van der Waals surface area contributed by atoms with Gasteiger partial charge >= 0.3 is 0 Å². The molecule has 1 aliphatic rings. The molecule has 0 radical (unpaired) electrons. The van der Waals surface area contributed by atoms with Crippen LogP contribution in [0.2, 0.25) is 5.02 Å². The maximum Gasteiger partial charge on any atom is 0.141 e. The number of nitrogens with zero attached hydrogens (tertiary/aromatic N) is 1. The van der Waals surface area contributed by atoms with Gasteiger partial charge in [-0.3, -0.25) is 0 Å². The molecule has 1 heterocycles. The second kappa shape index (κ2) is 4.92. The highest BCUT2D eigenvalue weighted by Crippen LogP contribution is 2.25. The van der Waals surface area contributed by atoms with E-state index in [0.29, 0.717) is 17.2 Å². The highest BCUT2D eigenvalue weighted by atomic mass is 35.5. The maximum atomic E-state index is 13.0. The van der Waals surface area contributed by atoms with Crippen molar-refractivity contribution in [1.82, 2.24) is 5.32 Å². The van der Waals surface area contributed by atoms with Crippen molar-refractivity contribution in [3.05, 3.63) is 29.0 Å². The number of rotatable bonds is 2. The first-order chi connectivity index (χ1) is 8.02. The summed E-state index contributed by atoms with van der Waals surface area (Å²) in [5, 5.41) is 3.11. The Morgan fingerprint density at radius 2 is 2.35 bits per heavy atom. The summed E-state index contributed by atoms with van der Waals surface area (Å²) in [7, 11) is -0.364. The third-order valence-corrected chi connectivity index (χ3v) is 5.46. The lowest BCUT2D eigenvalue weighted by Gasteiger charge is -2.05. The smallest absolute Gasteiger partial charge is 0.141 e. The van der Waals surface area contributed by atoms with Crippen LogP contribution in [0.3, 0.4) is 0 Å². The van der Waals surface area contributed by atoms with Crippen LogP contribution in [0.4, 0.5) is 10.1 Å². The van der Waals surface area contributed by atoms with E-state index in [0.717, 1.165) is 6.42 Å². The Bertz CT molecular complexity index is 540. The number of nitrogens with one attached hydrogen (secondary N) is 1. The zero-order valence-electron chi connectivity index (χ0n) is 9.45. The fourth-order valence-electron chi connectivity index (χ4n) is 1.85. The highest BCUT2D eigenvalue weighted by Gasteiger charge is 2.25. The Morgan fingerprint density at radius 1 is 1.59 bits per heavy atom. The molecule has 94 valence electrons. The third kappa shape index (κ3) is 2.97. The Balaban J connectivity index is 2.30. The van der Waals surface area contributed by atoms with Crippen LogP contribution in [0, 0.1) is 5.82 Å². The van der Waals surface area contributed by atoms with E-state index in [1.165, 1.54) is 18.2 Å². The molecule has 3 nitrogen and oxygen atoms in total. The van der Waals surface area contributed by atoms with E-state index in [9.17, 15) is 8.60 Å². The molecule has 2 atom stereocenters. The summed E-state index contributed by atoms with van der Waals surface area (Å²) in [6, 6.07) is 4.41. The first kappa shape index (κ1) is 12.8. The fraction of sp³-hybridized carbons (Fsp3) is 0.455. The largest absolute Gasteiger partial charge is 0.316 e. The molecule has 17 heavy (non-hydrogen) atoms. The number of benzene rings is 1. The van der Waals surface area contributed by atoms with E-state index in [1.54, 1.807) is 0 Å². The molecule has 1 aromatic carbocycles. The Labute approximate surface area is 106 Å². The molecule has 1 aliphatic heterocycles. The molecular weight excluding hydrogens is 263 g/mol. The first-order valence-corrected chi connectivity index (χ1v) is 7.60. The van der Waals surface area contributed by atoms with Crippen LogP contribution in [0.15, 0.2) is 22.6 Å². The van der Waals surface area contributed by atoms with E-state index >= 15 is 0 Å². The van der Waals surface area contributed by atoms with Gasteiger partial charge in [0.2, 0.25) is 0 Å². The van der Waals surface area contributed by atoms with Crippen LogP contribution in [0.1, 0.15) is 6.42 Å². The average Bonchev–Trinajstić information content (AvgIpc) is 2.66. The number of hydrogen-bond donors (Lipinski definition) is 1. The molecule has 2 unspecified atom stereocenters. The molecule has 0 saturated carbocycles. The Kier molecular flexibility index (Phi) is 3.70. The normalized spacial score (nSPS) is 28.3. The Morgan fingerprint density at radius 3 is 2.94 bits per heavy atom. The predicted octanol–water partition coefficient (Wildman–Crippen LogP) is 2.57. The van der Waals surface area contributed by atoms with Gasteiger partial charge in [-0.1, -0.05) is 11.6 Å². The van der Waals surface area contributed by atoms with E-state index in [1.807, 2.05) is 7.05 Å². The quantitative estimate of drug-likeness (QED) is 0.902. The van der Waals surface area contributed by atoms with Crippen molar-refractivity contribution in [3.63, 3.8) is 0 Å². The molecule has 0 aliphatic carbocycles. The Hall–Kier alpha value is -0.650. The van der Waals surface area contributed by atoms with Crippen LogP contribution in [0.5, 0.6) is 0 Å². The monoisotopic (exact) mass is 276 g/mol. The van der Waals surface area contributed by atoms with E-state index in [-0.39, 0.29) is 11.1 Å². The summed E-state index contributed by atoms with van der Waals surface area (Å²) in [6.45, 7) is 0. The minimum Gasteiger partial charge on any atom is -0.316 e. The average molecular weight is 277 g/mol. The molecule has 1 aromatic rings. The van der Waals surface area contributed by atoms with Gasteiger partial charge in [0.25, 0.3) is 0 Å². The van der Waals surface area contributed by atoms with Crippen LogP contribution in [-0.2, 0) is 9.73 Å². The van der Waals surface area contributed by atoms with Gasteiger partial charge in [0, 0.05) is 17.5 Å². The zero-order chi connectivity index (χ0) is 12.5. The standard InChI is InChI=1S/C11H14ClFN2OS/c1-14-9-4-5-17(16,7-9)15-8-2-3-11(13)10(12)6-8/h2-3,6,9,14H,4-5,7H2,1H3. The minimum atomic E-state index is -2.22. The topological polar surface area (TPSA) is 41.5 Å². The summed E-state index contributed by atoms with van der Waals surface area (Å²) in [5.41, 5.74) is 0.484. The van der Waals surface area contributed by atoms with Crippen LogP contribution in [0.25, 0.3) is 0 Å². The molecule has 1 saturated heterocycles. The molecule has 2 rings (SSSR count). The zero-order valence-corrected chi connectivity index (χ0v) is 11.0. The van der Waals surface area contributed by atoms with Gasteiger partial charge in [0.15, 0.2) is 0 Å². The summed E-state index contributed by atoms with van der Waals surface area (Å²) in [6.07, 6.45) is 0.855. The van der Waals surface area contributed by atoms with Gasteiger partial charge in [-0.2, -0.15) is 4.36 Å². The van der Waals surface area contributed by atoms with Gasteiger partial charge in [-0.25, -0.2) is 8.60 Å². The van der Waals surface area contributed by atoms with E-state index in [2.05, 4.69) is 9.68 Å². The molecule has 0 bridgehead atoms. The van der Waals surface area contributed by atoms with Crippen molar-refractivity contribution < 1.29 is 8.60 Å². The van der Waals surface area contributed by atoms with Gasteiger partial charge in [-0.05, 0) is 31.7 Å². The lowest BCUT2D eigenvalue weighted by atomic mass is 10.3. The minimum absolute atomic E-state index is 0.0115. The summed E-state index contributed by atoms with van der Waals surface area (Å²) < 4.78 is 29.6. The van der Waals surface area contributed by atoms with Gasteiger partial charge < -0.3 is 5.32 Å². The fourth-order valence-corrected chi connectivity index (χ4v) is 4.47. The van der Waals surface area contributed by atoms with E-state index in [4.69, 9.17) is 11.6 Å². The SMILES string of the molecule is CNC1CCS(=O)(=Nc2ccc(F)c(Cl)c2)C1. The van der Waals surface area contributed by atoms with Gasteiger partial charge in [0.1, 0.15) is 5.82 Å². The molecule has 0 amide bonds. The molecule has 1 N–H and O–H groups in total. The lowest BCUT2D eigenvalue weighted by molar-refractivity contribution is 0.622. The van der Waals surface area contributed by atoms with Crippen molar-refractivity contribution in [2.24, 2.45) is 4.36 Å². The second-order valence-corrected chi connectivity index (χ2v) is 6.98. The van der Waals surface area contributed by atoms with Gasteiger partial charge in [-0.15, -0.1) is 0 Å². The number of hydrogen-bond acceptors (Lipinski definition) is 3. The summed E-state index contributed by atoms with van der Waals surface area (Å²) >= 11 is 5.66. The lowest BCUT2D eigenvalue weighted by Crippen LogP contribution is -2.25. The van der Waals surface area contributed by atoms with Crippen molar-refractivity contribution in [3.8, 4) is 0 Å². The summed E-state index contributed by atoms with van der Waals surface area (Å²) in [4.78, 5) is 0. The van der Waals surface area contributed by atoms with E-state index < -0.39 is 15.5 Å². The van der Waals surface area contributed by atoms with Crippen molar-refractivity contribution in [2.45, 2.75) is 12.5 Å². The first-order valence-electron chi connectivity index (χ1n) is 5.37. The van der Waals surface area contributed by atoms with Gasteiger partial charge in [0.05, 0.1) is 20.4 Å². The predicted molar refractivity (Wildman–Crippen MR) is 68.8 cm³/mol. The van der Waals surface area contributed by atoms with Crippen molar-refractivity contribution >= 4 is 27.0 Å². The molecular formula is C11H14ClFN2OS. The molecule has 6 heteroatoms. The van der Waals surface area contributed by atoms with Crippen molar-refractivity contribution in [2.75, 3.05) is 18.6 Å². The van der Waals surface area contributed by atoms with Crippen LogP contribution in [-0.4, -0.2) is 28.8 Å². The maximum absolute atomic E-state index is 13.0. The molecule has 0 aromatic heterocycles. The summed E-state index contributed by atoms with van der Waals surface area (Å²) in [5.74, 6) is 0.631. The second-order valence-electron chi connectivity index (χ2n) is 4.11. The number of halogens is 2. The van der Waals surface area contributed by atoms with Crippen LogP contribution < -0.4 is 5.32 Å². The highest BCUT2D eigenvalue weighted by molar-refractivity contribution is 7.94. The molecule has 1 fully saturated rings. The molecule has 0 spiro atoms. The van der Waals surface area contributed by atoms with Crippen molar-refractivity contribution in [1.29, 1.82) is 0 Å². The van der Waals surface area contributed by atoms with Crippen LogP contribution >= 0.6 is 11.6 Å². The third-order valence-electron chi connectivity index (χ3n) is 2.83.